The van der Waals surface area contributed by atoms with Crippen LogP contribution in [0, 0.1) is 11.8 Å². The zero-order valence-corrected chi connectivity index (χ0v) is 12.8. The van der Waals surface area contributed by atoms with E-state index in [9.17, 15) is 14.7 Å². The van der Waals surface area contributed by atoms with Crippen LogP contribution in [0.3, 0.4) is 0 Å². The third kappa shape index (κ3) is 2.62. The van der Waals surface area contributed by atoms with Crippen LogP contribution in [0.4, 0.5) is 4.79 Å². The number of aliphatic carboxylic acids is 1. The standard InChI is InChI=1S/C16H26N2O3/c1-11-13(15(19)20)8-10-17(11)16(21)18-9-4-6-12-5-2-3-7-14(12)18/h11-14H,2-10H2,1H3,(H,19,20)/t11?,12-,13?,14-/m1/s1. The second kappa shape index (κ2) is 5.85. The minimum Gasteiger partial charge on any atom is -0.481 e. The number of hydrogen-bond donors (Lipinski definition) is 1. The molecule has 3 fully saturated rings. The molecule has 5 nitrogen and oxygen atoms in total. The quantitative estimate of drug-likeness (QED) is 0.808. The number of carboxylic acids is 1. The molecule has 2 unspecified atom stereocenters. The van der Waals surface area contributed by atoms with Crippen LogP contribution >= 0.6 is 0 Å². The Hall–Kier alpha value is -1.26. The lowest BCUT2D eigenvalue weighted by molar-refractivity contribution is -0.142. The van der Waals surface area contributed by atoms with E-state index in [1.807, 2.05) is 6.92 Å². The molecule has 21 heavy (non-hydrogen) atoms. The number of piperidine rings is 1. The Bertz CT molecular complexity index is 424. The summed E-state index contributed by atoms with van der Waals surface area (Å²) in [5.74, 6) is -0.502. The monoisotopic (exact) mass is 294 g/mol. The third-order valence-corrected chi connectivity index (χ3v) is 5.81. The van der Waals surface area contributed by atoms with Crippen LogP contribution in [-0.4, -0.2) is 52.1 Å². The first-order chi connectivity index (χ1) is 10.1. The number of carbonyl (C=O) groups is 2. The van der Waals surface area contributed by atoms with E-state index in [1.165, 1.54) is 25.7 Å². The van der Waals surface area contributed by atoms with Crippen molar-refractivity contribution in [2.75, 3.05) is 13.1 Å². The number of fused-ring (bicyclic) bond motifs is 1. The van der Waals surface area contributed by atoms with Gasteiger partial charge in [0.1, 0.15) is 0 Å². The lowest BCUT2D eigenvalue weighted by atomic mass is 9.78. The van der Waals surface area contributed by atoms with Crippen LogP contribution < -0.4 is 0 Å². The van der Waals surface area contributed by atoms with E-state index in [-0.39, 0.29) is 12.1 Å². The molecule has 0 aromatic carbocycles. The SMILES string of the molecule is CC1C(C(=O)O)CCN1C(=O)N1CCC[C@H]2CCCC[C@H]21. The van der Waals surface area contributed by atoms with Crippen molar-refractivity contribution in [2.24, 2.45) is 11.8 Å². The van der Waals surface area contributed by atoms with Gasteiger partial charge >= 0.3 is 12.0 Å². The van der Waals surface area contributed by atoms with E-state index in [0.717, 1.165) is 19.4 Å². The van der Waals surface area contributed by atoms with Crippen molar-refractivity contribution in [2.45, 2.75) is 64.0 Å². The Kier molecular flexibility index (Phi) is 4.09. The first-order valence-corrected chi connectivity index (χ1v) is 8.39. The summed E-state index contributed by atoms with van der Waals surface area (Å²) in [6, 6.07) is 0.304. The summed E-state index contributed by atoms with van der Waals surface area (Å²) in [4.78, 5) is 28.0. The van der Waals surface area contributed by atoms with E-state index < -0.39 is 11.9 Å². The summed E-state index contributed by atoms with van der Waals surface area (Å²) in [5.41, 5.74) is 0. The van der Waals surface area contributed by atoms with Crippen LogP contribution in [0.25, 0.3) is 0 Å². The zero-order chi connectivity index (χ0) is 15.0. The molecule has 2 amide bonds. The van der Waals surface area contributed by atoms with Gasteiger partial charge in [0.2, 0.25) is 0 Å². The van der Waals surface area contributed by atoms with Crippen LogP contribution in [0.15, 0.2) is 0 Å². The molecule has 1 aliphatic carbocycles. The van der Waals surface area contributed by atoms with Gasteiger partial charge in [0, 0.05) is 25.2 Å². The maximum absolute atomic E-state index is 12.9. The highest BCUT2D eigenvalue weighted by molar-refractivity contribution is 5.78. The number of amides is 2. The summed E-state index contributed by atoms with van der Waals surface area (Å²) < 4.78 is 0. The van der Waals surface area contributed by atoms with E-state index in [1.54, 1.807) is 4.90 Å². The van der Waals surface area contributed by atoms with Gasteiger partial charge in [-0.25, -0.2) is 4.79 Å². The molecule has 4 atom stereocenters. The van der Waals surface area contributed by atoms with Crippen molar-refractivity contribution in [3.05, 3.63) is 0 Å². The van der Waals surface area contributed by atoms with Gasteiger partial charge in [-0.05, 0) is 44.9 Å². The van der Waals surface area contributed by atoms with Crippen LogP contribution in [-0.2, 0) is 4.79 Å². The maximum atomic E-state index is 12.9. The average molecular weight is 294 g/mol. The molecular formula is C16H26N2O3. The summed E-state index contributed by atoms with van der Waals surface area (Å²) in [6.45, 7) is 3.32. The molecule has 2 heterocycles. The highest BCUT2D eigenvalue weighted by atomic mass is 16.4. The topological polar surface area (TPSA) is 60.9 Å². The Labute approximate surface area is 126 Å². The molecule has 3 aliphatic rings. The highest BCUT2D eigenvalue weighted by Crippen LogP contribution is 2.36. The number of carboxylic acid groups (broad SMARTS) is 1. The molecule has 5 heteroatoms. The lowest BCUT2D eigenvalue weighted by Crippen LogP contribution is -2.55. The average Bonchev–Trinajstić information content (AvgIpc) is 2.88. The first kappa shape index (κ1) is 14.7. The molecule has 0 spiro atoms. The van der Waals surface area contributed by atoms with Crippen LogP contribution in [0.1, 0.15) is 51.9 Å². The molecule has 3 rings (SSSR count). The first-order valence-electron chi connectivity index (χ1n) is 8.39. The van der Waals surface area contributed by atoms with E-state index in [2.05, 4.69) is 4.90 Å². The predicted molar refractivity (Wildman–Crippen MR) is 79.0 cm³/mol. The number of rotatable bonds is 1. The molecule has 1 saturated carbocycles. The molecule has 1 N–H and O–H groups in total. The Morgan fingerprint density at radius 1 is 0.952 bits per heavy atom. The van der Waals surface area contributed by atoms with E-state index in [0.29, 0.717) is 24.9 Å². The maximum Gasteiger partial charge on any atom is 0.320 e. The molecule has 0 radical (unpaired) electrons. The molecule has 118 valence electrons. The Balaban J connectivity index is 1.71. The number of carbonyl (C=O) groups excluding carboxylic acids is 1. The molecule has 0 aromatic heterocycles. The smallest absolute Gasteiger partial charge is 0.320 e. The number of hydrogen-bond acceptors (Lipinski definition) is 2. The molecule has 0 aromatic rings. The minimum atomic E-state index is -0.771. The van der Waals surface area contributed by atoms with E-state index >= 15 is 0 Å². The fourth-order valence-electron chi connectivity index (χ4n) is 4.57. The van der Waals surface area contributed by atoms with Crippen molar-refractivity contribution in [3.8, 4) is 0 Å². The van der Waals surface area contributed by atoms with Crippen molar-refractivity contribution in [1.82, 2.24) is 9.80 Å². The Morgan fingerprint density at radius 2 is 1.67 bits per heavy atom. The summed E-state index contributed by atoms with van der Waals surface area (Å²) in [7, 11) is 0. The van der Waals surface area contributed by atoms with E-state index in [4.69, 9.17) is 0 Å². The third-order valence-electron chi connectivity index (χ3n) is 5.81. The second-order valence-corrected chi connectivity index (χ2v) is 6.90. The Morgan fingerprint density at radius 3 is 2.38 bits per heavy atom. The van der Waals surface area contributed by atoms with Gasteiger partial charge in [0.05, 0.1) is 5.92 Å². The summed E-state index contributed by atoms with van der Waals surface area (Å²) in [5, 5.41) is 9.23. The van der Waals surface area contributed by atoms with Crippen LogP contribution in [0.2, 0.25) is 0 Å². The van der Waals surface area contributed by atoms with Gasteiger partial charge in [-0.3, -0.25) is 4.79 Å². The second-order valence-electron chi connectivity index (χ2n) is 6.90. The fourth-order valence-corrected chi connectivity index (χ4v) is 4.57. The van der Waals surface area contributed by atoms with Gasteiger partial charge in [-0.15, -0.1) is 0 Å². The van der Waals surface area contributed by atoms with Gasteiger partial charge in [-0.1, -0.05) is 12.8 Å². The summed E-state index contributed by atoms with van der Waals surface area (Å²) >= 11 is 0. The number of urea groups is 1. The largest absolute Gasteiger partial charge is 0.481 e. The highest BCUT2D eigenvalue weighted by Gasteiger charge is 2.43. The molecular weight excluding hydrogens is 268 g/mol. The fraction of sp³-hybridized carbons (Fsp3) is 0.875. The van der Waals surface area contributed by atoms with Gasteiger partial charge in [0.15, 0.2) is 0 Å². The van der Waals surface area contributed by atoms with Crippen LogP contribution in [0.5, 0.6) is 0 Å². The zero-order valence-electron chi connectivity index (χ0n) is 12.8. The van der Waals surface area contributed by atoms with Crippen molar-refractivity contribution >= 4 is 12.0 Å². The van der Waals surface area contributed by atoms with Gasteiger partial charge in [0.25, 0.3) is 0 Å². The predicted octanol–water partition coefficient (Wildman–Crippen LogP) is 2.56. The number of likely N-dealkylation sites (tertiary alicyclic amines) is 2. The van der Waals surface area contributed by atoms with Crippen molar-refractivity contribution < 1.29 is 14.7 Å². The molecule has 0 bridgehead atoms. The minimum absolute atomic E-state index is 0.0860. The van der Waals surface area contributed by atoms with Crippen molar-refractivity contribution in [3.63, 3.8) is 0 Å². The normalized spacial score (nSPS) is 36.4. The van der Waals surface area contributed by atoms with Gasteiger partial charge in [-0.2, -0.15) is 0 Å². The lowest BCUT2D eigenvalue weighted by Gasteiger charge is -2.45. The summed E-state index contributed by atoms with van der Waals surface area (Å²) in [6.07, 6.45) is 7.83. The molecule has 2 aliphatic heterocycles. The van der Waals surface area contributed by atoms with Gasteiger partial charge < -0.3 is 14.9 Å². The van der Waals surface area contributed by atoms with Crippen molar-refractivity contribution in [1.29, 1.82) is 0 Å². The molecule has 2 saturated heterocycles. The number of nitrogens with zero attached hydrogens (tertiary/aromatic N) is 2.